The largest absolute Gasteiger partial charge is 0.452 e. The van der Waals surface area contributed by atoms with Crippen LogP contribution in [0.25, 0.3) is 0 Å². The molecule has 0 saturated carbocycles. The van der Waals surface area contributed by atoms with Crippen molar-refractivity contribution in [2.24, 2.45) is 5.10 Å². The van der Waals surface area contributed by atoms with Crippen LogP contribution in [-0.2, 0) is 9.53 Å². The highest BCUT2D eigenvalue weighted by molar-refractivity contribution is 5.89. The molecule has 1 rings (SSSR count). The molecule has 1 aromatic rings. The molecule has 0 spiro atoms. The number of hydrazone groups is 1. The maximum atomic E-state index is 10.8. The highest BCUT2D eigenvalue weighted by Gasteiger charge is 1.95. The molecule has 6 nitrogen and oxygen atoms in total. The normalized spacial score (nSPS) is 10.0. The Bertz CT molecular complexity index is 426. The number of carbonyl (C=O) groups excluding carboxylic acids is 2. The summed E-state index contributed by atoms with van der Waals surface area (Å²) in [6, 6.07) is 6.99. The Kier molecular flexibility index (Phi) is 4.68. The predicted molar refractivity (Wildman–Crippen MR) is 63.9 cm³/mol. The molecule has 0 aliphatic heterocycles. The minimum atomic E-state index is -0.629. The molecule has 2 amide bonds. The molecule has 0 aliphatic rings. The molecule has 0 aromatic heterocycles. The summed E-state index contributed by atoms with van der Waals surface area (Å²) in [5.41, 5.74) is 3.66. The van der Waals surface area contributed by atoms with Gasteiger partial charge in [-0.25, -0.2) is 10.2 Å². The van der Waals surface area contributed by atoms with E-state index in [1.54, 1.807) is 24.3 Å². The van der Waals surface area contributed by atoms with Gasteiger partial charge in [0.2, 0.25) is 5.91 Å². The molecule has 0 radical (unpaired) electrons. The fourth-order valence-electron chi connectivity index (χ4n) is 1.06. The topological polar surface area (TPSA) is 79.8 Å². The Morgan fingerprint density at radius 3 is 2.47 bits per heavy atom. The molecule has 0 aliphatic carbocycles. The highest BCUT2D eigenvalue weighted by atomic mass is 16.5. The second-order valence-corrected chi connectivity index (χ2v) is 3.16. The first-order valence-corrected chi connectivity index (χ1v) is 4.86. The number of nitrogens with zero attached hydrogens (tertiary/aromatic N) is 1. The third-order valence-electron chi connectivity index (χ3n) is 1.79. The Labute approximate surface area is 98.7 Å². The second kappa shape index (κ2) is 6.26. The molecular weight excluding hydrogens is 222 g/mol. The number of ether oxygens (including phenoxy) is 1. The summed E-state index contributed by atoms with van der Waals surface area (Å²) in [5.74, 6) is -0.126. The fraction of sp³-hybridized carbons (Fsp3) is 0.182. The van der Waals surface area contributed by atoms with E-state index in [4.69, 9.17) is 0 Å². The van der Waals surface area contributed by atoms with Crippen LogP contribution in [0.4, 0.5) is 10.5 Å². The molecule has 0 heterocycles. The number of methoxy groups -OCH3 is 1. The summed E-state index contributed by atoms with van der Waals surface area (Å²) in [4.78, 5) is 21.5. The Morgan fingerprint density at radius 2 is 1.94 bits per heavy atom. The molecule has 17 heavy (non-hydrogen) atoms. The zero-order valence-corrected chi connectivity index (χ0v) is 9.56. The third kappa shape index (κ3) is 4.78. The molecule has 0 unspecified atom stereocenters. The van der Waals surface area contributed by atoms with Gasteiger partial charge in [0.1, 0.15) is 0 Å². The van der Waals surface area contributed by atoms with Gasteiger partial charge < -0.3 is 10.1 Å². The van der Waals surface area contributed by atoms with E-state index in [0.29, 0.717) is 5.69 Å². The number of nitrogens with one attached hydrogen (secondary N) is 2. The van der Waals surface area contributed by atoms with Crippen molar-refractivity contribution < 1.29 is 14.3 Å². The molecule has 6 heteroatoms. The van der Waals surface area contributed by atoms with E-state index in [2.05, 4.69) is 20.6 Å². The van der Waals surface area contributed by atoms with Crippen molar-refractivity contribution in [3.05, 3.63) is 29.8 Å². The summed E-state index contributed by atoms with van der Waals surface area (Å²) >= 11 is 0. The Hall–Kier alpha value is -2.37. The molecule has 0 fully saturated rings. The number of carbonyl (C=O) groups is 2. The van der Waals surface area contributed by atoms with E-state index >= 15 is 0 Å². The molecule has 0 atom stereocenters. The van der Waals surface area contributed by atoms with Crippen molar-refractivity contribution in [1.82, 2.24) is 5.43 Å². The third-order valence-corrected chi connectivity index (χ3v) is 1.79. The van der Waals surface area contributed by atoms with E-state index in [1.165, 1.54) is 20.2 Å². The van der Waals surface area contributed by atoms with Gasteiger partial charge >= 0.3 is 6.09 Å². The van der Waals surface area contributed by atoms with E-state index in [1.807, 2.05) is 0 Å². The number of amides is 2. The van der Waals surface area contributed by atoms with E-state index in [0.717, 1.165) is 5.56 Å². The van der Waals surface area contributed by atoms with Crippen molar-refractivity contribution in [2.45, 2.75) is 6.92 Å². The number of hydrogen-bond donors (Lipinski definition) is 2. The maximum Gasteiger partial charge on any atom is 0.427 e. The quantitative estimate of drug-likeness (QED) is 0.612. The summed E-state index contributed by atoms with van der Waals surface area (Å²) < 4.78 is 4.34. The molecule has 90 valence electrons. The van der Waals surface area contributed by atoms with Gasteiger partial charge in [-0.15, -0.1) is 0 Å². The zero-order chi connectivity index (χ0) is 12.7. The van der Waals surface area contributed by atoms with Crippen LogP contribution in [0.15, 0.2) is 29.4 Å². The lowest BCUT2D eigenvalue weighted by Crippen LogP contribution is -2.16. The van der Waals surface area contributed by atoms with Crippen LogP contribution < -0.4 is 10.7 Å². The number of rotatable bonds is 3. The van der Waals surface area contributed by atoms with Crippen LogP contribution in [0.3, 0.4) is 0 Å². The molecule has 0 bridgehead atoms. The average Bonchev–Trinajstić information content (AvgIpc) is 2.30. The molecule has 0 saturated heterocycles. The molecule has 2 N–H and O–H groups in total. The van der Waals surface area contributed by atoms with E-state index in [9.17, 15) is 9.59 Å². The highest BCUT2D eigenvalue weighted by Crippen LogP contribution is 2.07. The lowest BCUT2D eigenvalue weighted by atomic mass is 10.2. The van der Waals surface area contributed by atoms with Gasteiger partial charge in [-0.1, -0.05) is 12.1 Å². The van der Waals surface area contributed by atoms with Crippen LogP contribution in [-0.4, -0.2) is 25.3 Å². The minimum Gasteiger partial charge on any atom is -0.452 e. The van der Waals surface area contributed by atoms with Crippen molar-refractivity contribution in [3.8, 4) is 0 Å². The molecule has 1 aromatic carbocycles. The van der Waals surface area contributed by atoms with Crippen molar-refractivity contribution in [2.75, 3.05) is 12.4 Å². The SMILES string of the molecule is COC(=O)NN=Cc1ccc(NC(C)=O)cc1. The lowest BCUT2D eigenvalue weighted by Gasteiger charge is -2.01. The predicted octanol–water partition coefficient (Wildman–Crippen LogP) is 1.33. The Morgan fingerprint density at radius 1 is 1.29 bits per heavy atom. The summed E-state index contributed by atoms with van der Waals surface area (Å²) in [5, 5.41) is 6.31. The monoisotopic (exact) mass is 235 g/mol. The maximum absolute atomic E-state index is 10.8. The van der Waals surface area contributed by atoms with E-state index < -0.39 is 6.09 Å². The average molecular weight is 235 g/mol. The first-order chi connectivity index (χ1) is 8.11. The summed E-state index contributed by atoms with van der Waals surface area (Å²) in [6.45, 7) is 1.44. The number of benzene rings is 1. The van der Waals surface area contributed by atoms with Gasteiger partial charge in [-0.05, 0) is 17.7 Å². The van der Waals surface area contributed by atoms with Crippen LogP contribution >= 0.6 is 0 Å². The molecular formula is C11H13N3O3. The lowest BCUT2D eigenvalue weighted by molar-refractivity contribution is -0.114. The summed E-state index contributed by atoms with van der Waals surface area (Å²) in [6.07, 6.45) is 0.838. The van der Waals surface area contributed by atoms with Crippen molar-refractivity contribution in [3.63, 3.8) is 0 Å². The number of hydrogen-bond acceptors (Lipinski definition) is 4. The van der Waals surface area contributed by atoms with Gasteiger partial charge in [0.05, 0.1) is 13.3 Å². The fourth-order valence-corrected chi connectivity index (χ4v) is 1.06. The minimum absolute atomic E-state index is 0.126. The van der Waals surface area contributed by atoms with Gasteiger partial charge in [-0.2, -0.15) is 5.10 Å². The van der Waals surface area contributed by atoms with Crippen LogP contribution in [0.2, 0.25) is 0 Å². The van der Waals surface area contributed by atoms with Gasteiger partial charge in [-0.3, -0.25) is 4.79 Å². The smallest absolute Gasteiger partial charge is 0.427 e. The summed E-state index contributed by atoms with van der Waals surface area (Å²) in [7, 11) is 1.26. The first kappa shape index (κ1) is 12.7. The van der Waals surface area contributed by atoms with Crippen LogP contribution in [0, 0.1) is 0 Å². The number of anilines is 1. The van der Waals surface area contributed by atoms with Gasteiger partial charge in [0.15, 0.2) is 0 Å². The van der Waals surface area contributed by atoms with Crippen LogP contribution in [0.5, 0.6) is 0 Å². The zero-order valence-electron chi connectivity index (χ0n) is 9.56. The van der Waals surface area contributed by atoms with Gasteiger partial charge in [0.25, 0.3) is 0 Å². The van der Waals surface area contributed by atoms with Crippen molar-refractivity contribution in [1.29, 1.82) is 0 Å². The van der Waals surface area contributed by atoms with E-state index in [-0.39, 0.29) is 5.91 Å². The van der Waals surface area contributed by atoms with Gasteiger partial charge in [0, 0.05) is 12.6 Å². The Balaban J connectivity index is 2.56. The first-order valence-electron chi connectivity index (χ1n) is 4.86. The second-order valence-electron chi connectivity index (χ2n) is 3.16. The van der Waals surface area contributed by atoms with Crippen LogP contribution in [0.1, 0.15) is 12.5 Å². The standard InChI is InChI=1S/C11H13N3O3/c1-8(15)13-10-5-3-9(4-6-10)7-12-14-11(16)17-2/h3-7H,1-2H3,(H,13,15)(H,14,16). The van der Waals surface area contributed by atoms with Crippen molar-refractivity contribution >= 4 is 23.9 Å².